The number of carbonyl (C=O) groups excluding carboxylic acids is 1. The van der Waals surface area contributed by atoms with Crippen molar-refractivity contribution < 1.29 is 4.79 Å². The van der Waals surface area contributed by atoms with Gasteiger partial charge in [-0.1, -0.05) is 18.9 Å². The SMILES string of the molecule is Cc1cccnc1NC(=O)N1CCCCCC1. The molecule has 1 fully saturated rings. The Bertz CT molecular complexity index is 384. The minimum absolute atomic E-state index is 0.0197. The molecule has 0 atom stereocenters. The number of anilines is 1. The molecule has 1 N–H and O–H groups in total. The number of likely N-dealkylation sites (tertiary alicyclic amines) is 1. The van der Waals surface area contributed by atoms with Gasteiger partial charge >= 0.3 is 6.03 Å². The molecule has 2 heterocycles. The van der Waals surface area contributed by atoms with Gasteiger partial charge in [-0.25, -0.2) is 9.78 Å². The van der Waals surface area contributed by atoms with Crippen LogP contribution in [0, 0.1) is 6.92 Å². The van der Waals surface area contributed by atoms with Gasteiger partial charge in [0.1, 0.15) is 5.82 Å². The standard InChI is InChI=1S/C13H19N3O/c1-11-7-6-8-14-12(11)15-13(17)16-9-4-2-3-5-10-16/h6-8H,2-5,9-10H2,1H3,(H,14,15,17). The predicted molar refractivity (Wildman–Crippen MR) is 68.0 cm³/mol. The van der Waals surface area contributed by atoms with Gasteiger partial charge in [-0.3, -0.25) is 5.32 Å². The molecule has 4 nitrogen and oxygen atoms in total. The summed E-state index contributed by atoms with van der Waals surface area (Å²) in [6.45, 7) is 3.67. The summed E-state index contributed by atoms with van der Waals surface area (Å²) in [7, 11) is 0. The van der Waals surface area contributed by atoms with E-state index < -0.39 is 0 Å². The maximum Gasteiger partial charge on any atom is 0.323 e. The van der Waals surface area contributed by atoms with Crippen LogP contribution in [0.25, 0.3) is 0 Å². The Balaban J connectivity index is 1.98. The molecule has 0 radical (unpaired) electrons. The molecule has 1 saturated heterocycles. The molecule has 4 heteroatoms. The number of carbonyl (C=O) groups is 1. The van der Waals surface area contributed by atoms with E-state index in [0.717, 1.165) is 31.5 Å². The summed E-state index contributed by atoms with van der Waals surface area (Å²) in [4.78, 5) is 18.1. The van der Waals surface area contributed by atoms with Crippen LogP contribution in [-0.4, -0.2) is 29.0 Å². The zero-order valence-corrected chi connectivity index (χ0v) is 10.3. The van der Waals surface area contributed by atoms with Gasteiger partial charge in [0, 0.05) is 19.3 Å². The Morgan fingerprint density at radius 3 is 2.65 bits per heavy atom. The molecular formula is C13H19N3O. The van der Waals surface area contributed by atoms with Crippen molar-refractivity contribution in [1.29, 1.82) is 0 Å². The summed E-state index contributed by atoms with van der Waals surface area (Å²) in [6.07, 6.45) is 6.37. The first-order valence-electron chi connectivity index (χ1n) is 6.25. The minimum atomic E-state index is -0.0197. The van der Waals surface area contributed by atoms with Gasteiger partial charge in [0.2, 0.25) is 0 Å². The van der Waals surface area contributed by atoms with Crippen molar-refractivity contribution in [3.63, 3.8) is 0 Å². The van der Waals surface area contributed by atoms with Crippen molar-refractivity contribution in [2.75, 3.05) is 18.4 Å². The maximum absolute atomic E-state index is 12.0. The van der Waals surface area contributed by atoms with Gasteiger partial charge in [-0.05, 0) is 31.4 Å². The van der Waals surface area contributed by atoms with E-state index in [1.165, 1.54) is 12.8 Å². The third-order valence-corrected chi connectivity index (χ3v) is 3.13. The Morgan fingerprint density at radius 2 is 2.00 bits per heavy atom. The third kappa shape index (κ3) is 3.19. The fraction of sp³-hybridized carbons (Fsp3) is 0.538. The minimum Gasteiger partial charge on any atom is -0.325 e. The molecule has 0 spiro atoms. The normalized spacial score (nSPS) is 16.4. The molecule has 1 aromatic heterocycles. The van der Waals surface area contributed by atoms with Gasteiger partial charge in [0.15, 0.2) is 0 Å². The average molecular weight is 233 g/mol. The van der Waals surface area contributed by atoms with Crippen LogP contribution in [0.4, 0.5) is 10.6 Å². The highest BCUT2D eigenvalue weighted by Gasteiger charge is 2.16. The van der Waals surface area contributed by atoms with E-state index in [2.05, 4.69) is 10.3 Å². The first kappa shape index (κ1) is 11.9. The molecule has 0 aliphatic carbocycles. The van der Waals surface area contributed by atoms with Crippen LogP contribution < -0.4 is 5.32 Å². The highest BCUT2D eigenvalue weighted by molar-refractivity contribution is 5.88. The van der Waals surface area contributed by atoms with Crippen LogP contribution in [0.3, 0.4) is 0 Å². The van der Waals surface area contributed by atoms with Gasteiger partial charge in [0.25, 0.3) is 0 Å². The number of nitrogens with one attached hydrogen (secondary N) is 1. The van der Waals surface area contributed by atoms with Crippen molar-refractivity contribution in [2.24, 2.45) is 0 Å². The van der Waals surface area contributed by atoms with E-state index in [9.17, 15) is 4.79 Å². The highest BCUT2D eigenvalue weighted by atomic mass is 16.2. The fourth-order valence-corrected chi connectivity index (χ4v) is 2.07. The topological polar surface area (TPSA) is 45.2 Å². The van der Waals surface area contributed by atoms with Gasteiger partial charge in [-0.2, -0.15) is 0 Å². The monoisotopic (exact) mass is 233 g/mol. The molecule has 2 amide bonds. The van der Waals surface area contributed by atoms with Crippen LogP contribution in [0.1, 0.15) is 31.2 Å². The lowest BCUT2D eigenvalue weighted by molar-refractivity contribution is 0.213. The molecule has 17 heavy (non-hydrogen) atoms. The second-order valence-electron chi connectivity index (χ2n) is 4.50. The van der Waals surface area contributed by atoms with Gasteiger partial charge in [0.05, 0.1) is 0 Å². The molecule has 0 saturated carbocycles. The summed E-state index contributed by atoms with van der Waals surface area (Å²) in [5.74, 6) is 0.668. The summed E-state index contributed by atoms with van der Waals surface area (Å²) in [5, 5.41) is 2.88. The number of pyridine rings is 1. The second kappa shape index (κ2) is 5.66. The number of hydrogen-bond donors (Lipinski definition) is 1. The zero-order chi connectivity index (χ0) is 12.1. The average Bonchev–Trinajstić information content (AvgIpc) is 2.61. The Kier molecular flexibility index (Phi) is 3.96. The van der Waals surface area contributed by atoms with E-state index >= 15 is 0 Å². The number of amides is 2. The predicted octanol–water partition coefficient (Wildman–Crippen LogP) is 2.80. The number of hydrogen-bond acceptors (Lipinski definition) is 2. The maximum atomic E-state index is 12.0. The zero-order valence-electron chi connectivity index (χ0n) is 10.3. The number of rotatable bonds is 1. The van der Waals surface area contributed by atoms with Crippen molar-refractivity contribution in [3.8, 4) is 0 Å². The summed E-state index contributed by atoms with van der Waals surface area (Å²) in [6, 6.07) is 3.80. The van der Waals surface area contributed by atoms with E-state index in [4.69, 9.17) is 0 Å². The Hall–Kier alpha value is -1.58. The first-order chi connectivity index (χ1) is 8.27. The molecule has 1 aliphatic heterocycles. The highest BCUT2D eigenvalue weighted by Crippen LogP contribution is 2.13. The molecule has 0 bridgehead atoms. The Labute approximate surface area is 102 Å². The molecular weight excluding hydrogens is 214 g/mol. The van der Waals surface area contributed by atoms with Crippen LogP contribution in [0.15, 0.2) is 18.3 Å². The quantitative estimate of drug-likeness (QED) is 0.810. The van der Waals surface area contributed by atoms with Gasteiger partial charge in [-0.15, -0.1) is 0 Å². The summed E-state index contributed by atoms with van der Waals surface area (Å²) < 4.78 is 0. The van der Waals surface area contributed by atoms with E-state index in [1.54, 1.807) is 6.20 Å². The third-order valence-electron chi connectivity index (χ3n) is 3.13. The lowest BCUT2D eigenvalue weighted by Crippen LogP contribution is -2.36. The lowest BCUT2D eigenvalue weighted by atomic mass is 10.2. The molecule has 0 unspecified atom stereocenters. The molecule has 2 rings (SSSR count). The number of nitrogens with zero attached hydrogens (tertiary/aromatic N) is 2. The van der Waals surface area contributed by atoms with Crippen LogP contribution in [0.5, 0.6) is 0 Å². The molecule has 1 aromatic rings. The van der Waals surface area contributed by atoms with Crippen molar-refractivity contribution >= 4 is 11.8 Å². The van der Waals surface area contributed by atoms with E-state index in [0.29, 0.717) is 5.82 Å². The first-order valence-corrected chi connectivity index (χ1v) is 6.25. The fourth-order valence-electron chi connectivity index (χ4n) is 2.07. The second-order valence-corrected chi connectivity index (χ2v) is 4.50. The summed E-state index contributed by atoms with van der Waals surface area (Å²) >= 11 is 0. The van der Waals surface area contributed by atoms with Crippen molar-refractivity contribution in [3.05, 3.63) is 23.9 Å². The van der Waals surface area contributed by atoms with E-state index in [-0.39, 0.29) is 6.03 Å². The Morgan fingerprint density at radius 1 is 1.29 bits per heavy atom. The number of aromatic nitrogens is 1. The number of aryl methyl sites for hydroxylation is 1. The smallest absolute Gasteiger partial charge is 0.323 e. The van der Waals surface area contributed by atoms with Crippen LogP contribution in [0.2, 0.25) is 0 Å². The van der Waals surface area contributed by atoms with Crippen molar-refractivity contribution in [2.45, 2.75) is 32.6 Å². The van der Waals surface area contributed by atoms with Crippen LogP contribution in [-0.2, 0) is 0 Å². The largest absolute Gasteiger partial charge is 0.325 e. The van der Waals surface area contributed by atoms with E-state index in [1.807, 2.05) is 24.0 Å². The lowest BCUT2D eigenvalue weighted by Gasteiger charge is -2.20. The molecule has 1 aliphatic rings. The van der Waals surface area contributed by atoms with Crippen LogP contribution >= 0.6 is 0 Å². The van der Waals surface area contributed by atoms with Crippen molar-refractivity contribution in [1.82, 2.24) is 9.88 Å². The molecule has 92 valence electrons. The summed E-state index contributed by atoms with van der Waals surface area (Å²) in [5.41, 5.74) is 0.996. The molecule has 0 aromatic carbocycles. The number of urea groups is 1. The van der Waals surface area contributed by atoms with Gasteiger partial charge < -0.3 is 4.90 Å².